The topological polar surface area (TPSA) is 93.3 Å². The van der Waals surface area contributed by atoms with Gasteiger partial charge in [-0.2, -0.15) is 0 Å². The van der Waals surface area contributed by atoms with Crippen LogP contribution in [0.15, 0.2) is 0 Å². The molecule has 3 aliphatic rings. The molecule has 3 fully saturated rings. The Hall–Kier alpha value is -1.84. The second-order valence-electron chi connectivity index (χ2n) is 8.73. The summed E-state index contributed by atoms with van der Waals surface area (Å²) in [7, 11) is 0. The molecule has 3 saturated heterocycles. The van der Waals surface area contributed by atoms with Crippen LogP contribution in [0.5, 0.6) is 0 Å². The van der Waals surface area contributed by atoms with Crippen molar-refractivity contribution in [2.75, 3.05) is 52.5 Å². The van der Waals surface area contributed by atoms with Gasteiger partial charge in [0.2, 0.25) is 23.6 Å². The third kappa shape index (κ3) is 5.15. The Morgan fingerprint density at radius 3 is 1.96 bits per heavy atom. The summed E-state index contributed by atoms with van der Waals surface area (Å²) in [5.74, 6) is 0.153. The molecule has 3 rings (SSSR count). The van der Waals surface area contributed by atoms with E-state index in [0.29, 0.717) is 25.0 Å². The molecule has 9 heteroatoms. The van der Waals surface area contributed by atoms with E-state index in [-0.39, 0.29) is 55.8 Å². The Balaban J connectivity index is 1.53. The summed E-state index contributed by atoms with van der Waals surface area (Å²) in [6.07, 6.45) is 1.18. The molecule has 0 aromatic carbocycles. The molecule has 0 aromatic rings. The van der Waals surface area contributed by atoms with Crippen molar-refractivity contribution in [1.82, 2.24) is 24.9 Å². The third-order valence-electron chi connectivity index (χ3n) is 5.72. The molecule has 28 heavy (non-hydrogen) atoms. The normalized spacial score (nSPS) is 29.9. The van der Waals surface area contributed by atoms with Crippen molar-refractivity contribution >= 4 is 23.6 Å². The highest BCUT2D eigenvalue weighted by Crippen LogP contribution is 2.21. The van der Waals surface area contributed by atoms with E-state index >= 15 is 0 Å². The summed E-state index contributed by atoms with van der Waals surface area (Å²) < 4.78 is 0. The lowest BCUT2D eigenvalue weighted by Gasteiger charge is -2.41. The monoisotopic (exact) mass is 393 g/mol. The molecule has 0 bridgehead atoms. The van der Waals surface area contributed by atoms with Crippen LogP contribution in [-0.4, -0.2) is 102 Å². The maximum Gasteiger partial charge on any atom is 0.244 e. The molecule has 3 heterocycles. The van der Waals surface area contributed by atoms with Gasteiger partial charge in [0.25, 0.3) is 0 Å². The number of nitrogens with zero attached hydrogens (tertiary/aromatic N) is 4. The van der Waals surface area contributed by atoms with E-state index in [2.05, 4.69) is 24.1 Å². The largest absolute Gasteiger partial charge is 0.294 e. The van der Waals surface area contributed by atoms with Crippen LogP contribution >= 0.6 is 0 Å². The Morgan fingerprint density at radius 1 is 0.893 bits per heavy atom. The van der Waals surface area contributed by atoms with Crippen molar-refractivity contribution in [1.29, 1.82) is 0 Å². The lowest BCUT2D eigenvalue weighted by Crippen LogP contribution is -2.60. The summed E-state index contributed by atoms with van der Waals surface area (Å²) in [5, 5.41) is 2.28. The van der Waals surface area contributed by atoms with Crippen LogP contribution in [-0.2, 0) is 19.2 Å². The second-order valence-corrected chi connectivity index (χ2v) is 8.73. The van der Waals surface area contributed by atoms with Crippen LogP contribution in [0, 0.1) is 11.8 Å². The highest BCUT2D eigenvalue weighted by atomic mass is 16.2. The van der Waals surface area contributed by atoms with Crippen LogP contribution in [0.25, 0.3) is 0 Å². The summed E-state index contributed by atoms with van der Waals surface area (Å²) in [4.78, 5) is 55.5. The predicted octanol–water partition coefficient (Wildman–Crippen LogP) is -1.06. The fourth-order valence-corrected chi connectivity index (χ4v) is 4.60. The minimum atomic E-state index is -0.315. The molecule has 1 N–H and O–H groups in total. The fraction of sp³-hybridized carbons (Fsp3) is 0.789. The number of hydrogen-bond donors (Lipinski definition) is 1. The standard InChI is InChI=1S/C19H31N5O4/c1-13-4-14(2)6-22(5-13)12-24-18(27)10-21(11-19(24)28)7-15(3)23-8-16(25)20-17(26)9-23/h13-15H,4-12H2,1-3H3,(H,20,25,26). The zero-order valence-corrected chi connectivity index (χ0v) is 17.0. The van der Waals surface area contributed by atoms with Gasteiger partial charge in [0, 0.05) is 25.7 Å². The fourth-order valence-electron chi connectivity index (χ4n) is 4.60. The number of rotatable bonds is 5. The summed E-state index contributed by atoms with van der Waals surface area (Å²) >= 11 is 0. The Bertz CT molecular complexity index is 610. The van der Waals surface area contributed by atoms with E-state index in [1.807, 2.05) is 11.8 Å². The summed E-state index contributed by atoms with van der Waals surface area (Å²) in [6, 6.07) is -0.106. The molecule has 9 nitrogen and oxygen atoms in total. The Kier molecular flexibility index (Phi) is 6.47. The molecular weight excluding hydrogens is 362 g/mol. The van der Waals surface area contributed by atoms with Gasteiger partial charge in [-0.3, -0.25) is 44.1 Å². The van der Waals surface area contributed by atoms with Crippen LogP contribution in [0.4, 0.5) is 0 Å². The molecule has 4 amide bonds. The summed E-state index contributed by atoms with van der Waals surface area (Å²) in [5.41, 5.74) is 0. The van der Waals surface area contributed by atoms with Crippen molar-refractivity contribution in [3.63, 3.8) is 0 Å². The van der Waals surface area contributed by atoms with E-state index in [1.165, 1.54) is 11.3 Å². The molecule has 0 radical (unpaired) electrons. The number of imide groups is 2. The third-order valence-corrected chi connectivity index (χ3v) is 5.72. The van der Waals surface area contributed by atoms with Crippen LogP contribution in [0.2, 0.25) is 0 Å². The quantitative estimate of drug-likeness (QED) is 0.595. The van der Waals surface area contributed by atoms with E-state index in [1.54, 1.807) is 4.90 Å². The first-order valence-electron chi connectivity index (χ1n) is 10.1. The lowest BCUT2D eigenvalue weighted by atomic mass is 9.92. The van der Waals surface area contributed by atoms with Crippen molar-refractivity contribution in [2.24, 2.45) is 11.8 Å². The zero-order valence-electron chi connectivity index (χ0n) is 17.0. The van der Waals surface area contributed by atoms with Gasteiger partial charge < -0.3 is 0 Å². The first-order chi connectivity index (χ1) is 13.2. The maximum atomic E-state index is 12.6. The molecule has 0 aliphatic carbocycles. The van der Waals surface area contributed by atoms with Gasteiger partial charge in [-0.1, -0.05) is 13.8 Å². The SMILES string of the molecule is CC1CC(C)CN(CN2C(=O)CN(CC(C)N3CC(=O)NC(=O)C3)CC2=O)C1. The average Bonchev–Trinajstić information content (AvgIpc) is 2.56. The van der Waals surface area contributed by atoms with Crippen LogP contribution in [0.3, 0.4) is 0 Å². The minimum Gasteiger partial charge on any atom is -0.294 e. The number of hydrogen-bond acceptors (Lipinski definition) is 7. The summed E-state index contributed by atoms with van der Waals surface area (Å²) in [6.45, 7) is 9.64. The molecule has 156 valence electrons. The zero-order chi connectivity index (χ0) is 20.4. The first-order valence-corrected chi connectivity index (χ1v) is 10.1. The minimum absolute atomic E-state index is 0.106. The molecule has 0 spiro atoms. The van der Waals surface area contributed by atoms with Crippen molar-refractivity contribution in [3.05, 3.63) is 0 Å². The number of carbonyl (C=O) groups excluding carboxylic acids is 4. The van der Waals surface area contributed by atoms with Crippen LogP contribution in [0.1, 0.15) is 27.2 Å². The molecule has 3 aliphatic heterocycles. The molecule has 3 unspecified atom stereocenters. The maximum absolute atomic E-state index is 12.6. The molecular formula is C19H31N5O4. The van der Waals surface area contributed by atoms with E-state index in [4.69, 9.17) is 0 Å². The smallest absolute Gasteiger partial charge is 0.244 e. The van der Waals surface area contributed by atoms with Crippen LogP contribution < -0.4 is 5.32 Å². The highest BCUT2D eigenvalue weighted by molar-refractivity contribution is 6.00. The highest BCUT2D eigenvalue weighted by Gasteiger charge is 2.35. The van der Waals surface area contributed by atoms with Gasteiger partial charge in [0.15, 0.2) is 0 Å². The van der Waals surface area contributed by atoms with Gasteiger partial charge in [0.05, 0.1) is 32.8 Å². The Labute approximate surface area is 166 Å². The Morgan fingerprint density at radius 2 is 1.43 bits per heavy atom. The number of piperazine rings is 2. The van der Waals surface area contributed by atoms with Crippen molar-refractivity contribution in [2.45, 2.75) is 33.2 Å². The van der Waals surface area contributed by atoms with Gasteiger partial charge >= 0.3 is 0 Å². The lowest BCUT2D eigenvalue weighted by molar-refractivity contribution is -0.155. The number of carbonyl (C=O) groups is 4. The second kappa shape index (κ2) is 8.67. The molecule has 3 atom stereocenters. The molecule has 0 aromatic heterocycles. The van der Waals surface area contributed by atoms with E-state index in [9.17, 15) is 19.2 Å². The van der Waals surface area contributed by atoms with Crippen molar-refractivity contribution < 1.29 is 19.2 Å². The average molecular weight is 393 g/mol. The van der Waals surface area contributed by atoms with E-state index in [0.717, 1.165) is 13.1 Å². The first kappa shape index (κ1) is 20.9. The van der Waals surface area contributed by atoms with Gasteiger partial charge in [-0.15, -0.1) is 0 Å². The van der Waals surface area contributed by atoms with Gasteiger partial charge in [0.1, 0.15) is 0 Å². The van der Waals surface area contributed by atoms with Gasteiger partial charge in [-0.25, -0.2) is 0 Å². The van der Waals surface area contributed by atoms with Crippen molar-refractivity contribution in [3.8, 4) is 0 Å². The number of amides is 4. The molecule has 0 saturated carbocycles. The predicted molar refractivity (Wildman–Crippen MR) is 102 cm³/mol. The number of nitrogens with one attached hydrogen (secondary N) is 1. The number of piperidine rings is 1. The number of likely N-dealkylation sites (tertiary alicyclic amines) is 1. The van der Waals surface area contributed by atoms with Gasteiger partial charge in [-0.05, 0) is 25.2 Å². The van der Waals surface area contributed by atoms with E-state index < -0.39 is 0 Å².